The van der Waals surface area contributed by atoms with Gasteiger partial charge in [0.25, 0.3) is 0 Å². The van der Waals surface area contributed by atoms with E-state index in [0.717, 1.165) is 22.1 Å². The molecular weight excluding hydrogens is 350 g/mol. The molecule has 0 fully saturated rings. The summed E-state index contributed by atoms with van der Waals surface area (Å²) in [6.07, 6.45) is 2.98. The Morgan fingerprint density at radius 2 is 1.81 bits per heavy atom. The van der Waals surface area contributed by atoms with Crippen LogP contribution in [-0.2, 0) is 11.2 Å². The third-order valence-corrected chi connectivity index (χ3v) is 4.48. The molecule has 0 aliphatic carbocycles. The number of hydrogen-bond donors (Lipinski definition) is 1. The van der Waals surface area contributed by atoms with Gasteiger partial charge in [-0.2, -0.15) is 0 Å². The van der Waals surface area contributed by atoms with Gasteiger partial charge in [0.1, 0.15) is 6.61 Å². The number of aryl methyl sites for hydroxylation is 2. The van der Waals surface area contributed by atoms with Crippen LogP contribution in [0.3, 0.4) is 0 Å². The highest BCUT2D eigenvalue weighted by molar-refractivity contribution is 7.98. The molecule has 0 saturated carbocycles. The highest BCUT2D eigenvalue weighted by Crippen LogP contribution is 2.25. The zero-order chi connectivity index (χ0) is 18.9. The molecule has 0 aliphatic rings. The van der Waals surface area contributed by atoms with Crippen LogP contribution in [0.1, 0.15) is 23.4 Å². The van der Waals surface area contributed by atoms with E-state index in [0.29, 0.717) is 37.5 Å². The molecule has 0 saturated heterocycles. The van der Waals surface area contributed by atoms with E-state index < -0.39 is 0 Å². The molecule has 2 rings (SSSR count). The number of nitrogens with zero attached hydrogens (tertiary/aromatic N) is 2. The molecular formula is C19H25N3O3S. The van der Waals surface area contributed by atoms with Crippen molar-refractivity contribution in [3.05, 3.63) is 41.2 Å². The van der Waals surface area contributed by atoms with Gasteiger partial charge in [-0.1, -0.05) is 23.9 Å². The van der Waals surface area contributed by atoms with Crippen LogP contribution in [0.25, 0.3) is 0 Å². The number of hydrogen-bond acceptors (Lipinski definition) is 6. The van der Waals surface area contributed by atoms with Crippen LogP contribution in [0.4, 0.5) is 0 Å². The number of para-hydroxylation sites is 2. The zero-order valence-corrected chi connectivity index (χ0v) is 16.5. The number of amides is 1. The molecule has 1 aromatic heterocycles. The SMILES string of the molecule is COc1ccccc1OCCNC(=O)CCc1c(C)nc(SC)nc1C. The fourth-order valence-electron chi connectivity index (χ4n) is 2.58. The van der Waals surface area contributed by atoms with Crippen LogP contribution in [0.5, 0.6) is 11.5 Å². The van der Waals surface area contributed by atoms with Crippen molar-refractivity contribution in [2.24, 2.45) is 0 Å². The number of ether oxygens (including phenoxy) is 2. The standard InChI is InChI=1S/C19H25N3O3S/c1-13-15(14(2)22-19(21-13)26-4)9-10-18(23)20-11-12-25-17-8-6-5-7-16(17)24-3/h5-8H,9-12H2,1-4H3,(H,20,23). The Hall–Kier alpha value is -2.28. The minimum absolute atomic E-state index is 0.0126. The summed E-state index contributed by atoms with van der Waals surface area (Å²) in [5, 5.41) is 3.64. The lowest BCUT2D eigenvalue weighted by Crippen LogP contribution is -2.28. The van der Waals surface area contributed by atoms with E-state index >= 15 is 0 Å². The van der Waals surface area contributed by atoms with Crippen molar-refractivity contribution in [2.45, 2.75) is 31.8 Å². The van der Waals surface area contributed by atoms with Crippen molar-refractivity contribution < 1.29 is 14.3 Å². The third kappa shape index (κ3) is 5.62. The largest absolute Gasteiger partial charge is 0.493 e. The Bertz CT molecular complexity index is 730. The Kier molecular flexibility index (Phi) is 7.72. The molecule has 2 aromatic rings. The summed E-state index contributed by atoms with van der Waals surface area (Å²) < 4.78 is 10.9. The van der Waals surface area contributed by atoms with Gasteiger partial charge in [0.2, 0.25) is 5.91 Å². The maximum atomic E-state index is 12.1. The summed E-state index contributed by atoms with van der Waals surface area (Å²) in [5.41, 5.74) is 2.92. The lowest BCUT2D eigenvalue weighted by Gasteiger charge is -2.12. The molecule has 6 nitrogen and oxygen atoms in total. The second-order valence-corrected chi connectivity index (χ2v) is 6.48. The average Bonchev–Trinajstić information content (AvgIpc) is 2.64. The van der Waals surface area contributed by atoms with Gasteiger partial charge in [-0.25, -0.2) is 9.97 Å². The van der Waals surface area contributed by atoms with E-state index in [1.807, 2.05) is 44.4 Å². The van der Waals surface area contributed by atoms with Gasteiger partial charge in [0.15, 0.2) is 16.7 Å². The first kappa shape index (κ1) is 20.0. The molecule has 1 N–H and O–H groups in total. The van der Waals surface area contributed by atoms with Gasteiger partial charge >= 0.3 is 0 Å². The normalized spacial score (nSPS) is 10.5. The van der Waals surface area contributed by atoms with Gasteiger partial charge in [-0.15, -0.1) is 0 Å². The van der Waals surface area contributed by atoms with Gasteiger partial charge in [0.05, 0.1) is 13.7 Å². The van der Waals surface area contributed by atoms with E-state index in [9.17, 15) is 4.79 Å². The number of nitrogens with one attached hydrogen (secondary N) is 1. The Morgan fingerprint density at radius 1 is 1.15 bits per heavy atom. The Labute approximate surface area is 158 Å². The number of benzene rings is 1. The van der Waals surface area contributed by atoms with E-state index in [1.165, 1.54) is 11.8 Å². The van der Waals surface area contributed by atoms with E-state index in [2.05, 4.69) is 15.3 Å². The second kappa shape index (κ2) is 10.0. The fraction of sp³-hybridized carbons (Fsp3) is 0.421. The minimum Gasteiger partial charge on any atom is -0.493 e. The monoisotopic (exact) mass is 375 g/mol. The van der Waals surface area contributed by atoms with E-state index in [1.54, 1.807) is 7.11 Å². The highest BCUT2D eigenvalue weighted by atomic mass is 32.2. The van der Waals surface area contributed by atoms with Gasteiger partial charge in [-0.3, -0.25) is 4.79 Å². The van der Waals surface area contributed by atoms with Crippen LogP contribution in [0.15, 0.2) is 29.4 Å². The first-order valence-electron chi connectivity index (χ1n) is 8.45. The highest BCUT2D eigenvalue weighted by Gasteiger charge is 2.10. The van der Waals surface area contributed by atoms with Gasteiger partial charge in [-0.05, 0) is 44.2 Å². The first-order valence-corrected chi connectivity index (χ1v) is 9.68. The van der Waals surface area contributed by atoms with Gasteiger partial charge < -0.3 is 14.8 Å². The van der Waals surface area contributed by atoms with Crippen molar-refractivity contribution in [1.82, 2.24) is 15.3 Å². The topological polar surface area (TPSA) is 73.3 Å². The molecule has 1 aromatic carbocycles. The Balaban J connectivity index is 1.76. The van der Waals surface area contributed by atoms with Crippen LogP contribution in [0, 0.1) is 13.8 Å². The number of methoxy groups -OCH3 is 1. The molecule has 1 heterocycles. The maximum Gasteiger partial charge on any atom is 0.220 e. The molecule has 1 amide bonds. The van der Waals surface area contributed by atoms with Crippen LogP contribution in [-0.4, -0.2) is 42.4 Å². The van der Waals surface area contributed by atoms with Crippen LogP contribution in [0.2, 0.25) is 0 Å². The zero-order valence-electron chi connectivity index (χ0n) is 15.7. The van der Waals surface area contributed by atoms with Crippen molar-refractivity contribution >= 4 is 17.7 Å². The maximum absolute atomic E-state index is 12.1. The molecule has 140 valence electrons. The van der Waals surface area contributed by atoms with Crippen LogP contribution >= 0.6 is 11.8 Å². The summed E-state index contributed by atoms with van der Waals surface area (Å²) in [7, 11) is 1.60. The van der Waals surface area contributed by atoms with Crippen molar-refractivity contribution in [2.75, 3.05) is 26.5 Å². The number of rotatable bonds is 9. The number of carbonyl (C=O) groups excluding carboxylic acids is 1. The second-order valence-electron chi connectivity index (χ2n) is 5.71. The van der Waals surface area contributed by atoms with Crippen molar-refractivity contribution in [1.29, 1.82) is 0 Å². The summed E-state index contributed by atoms with van der Waals surface area (Å²) in [6.45, 7) is 4.75. The Morgan fingerprint density at radius 3 is 2.42 bits per heavy atom. The summed E-state index contributed by atoms with van der Waals surface area (Å²) >= 11 is 1.52. The lowest BCUT2D eigenvalue weighted by atomic mass is 10.1. The fourth-order valence-corrected chi connectivity index (χ4v) is 3.03. The van der Waals surface area contributed by atoms with Gasteiger partial charge in [0, 0.05) is 17.8 Å². The molecule has 0 spiro atoms. The molecule has 0 bridgehead atoms. The quantitative estimate of drug-likeness (QED) is 0.413. The first-order chi connectivity index (χ1) is 12.5. The number of carbonyl (C=O) groups is 1. The number of aromatic nitrogens is 2. The smallest absolute Gasteiger partial charge is 0.220 e. The predicted molar refractivity (Wildman–Crippen MR) is 103 cm³/mol. The molecule has 0 unspecified atom stereocenters. The molecule has 0 atom stereocenters. The molecule has 26 heavy (non-hydrogen) atoms. The van der Waals surface area contributed by atoms with Crippen molar-refractivity contribution in [3.8, 4) is 11.5 Å². The molecule has 7 heteroatoms. The number of thioether (sulfide) groups is 1. The summed E-state index contributed by atoms with van der Waals surface area (Å²) in [6, 6.07) is 7.44. The average molecular weight is 375 g/mol. The summed E-state index contributed by atoms with van der Waals surface area (Å²) in [5.74, 6) is 1.33. The molecule has 0 radical (unpaired) electrons. The van der Waals surface area contributed by atoms with Crippen LogP contribution < -0.4 is 14.8 Å². The molecule has 0 aliphatic heterocycles. The van der Waals surface area contributed by atoms with E-state index in [-0.39, 0.29) is 5.91 Å². The lowest BCUT2D eigenvalue weighted by molar-refractivity contribution is -0.121. The van der Waals surface area contributed by atoms with Crippen molar-refractivity contribution in [3.63, 3.8) is 0 Å². The predicted octanol–water partition coefficient (Wildman–Crippen LogP) is 2.95. The minimum atomic E-state index is -0.0126. The third-order valence-electron chi connectivity index (χ3n) is 3.94. The van der Waals surface area contributed by atoms with E-state index in [4.69, 9.17) is 9.47 Å². The summed E-state index contributed by atoms with van der Waals surface area (Å²) in [4.78, 5) is 20.9.